The summed E-state index contributed by atoms with van der Waals surface area (Å²) in [6, 6.07) is 5.97. The van der Waals surface area contributed by atoms with Crippen molar-refractivity contribution in [3.63, 3.8) is 0 Å². The van der Waals surface area contributed by atoms with Gasteiger partial charge in [-0.25, -0.2) is 12.7 Å². The Morgan fingerprint density at radius 1 is 1.33 bits per heavy atom. The fourth-order valence-corrected chi connectivity index (χ4v) is 4.45. The van der Waals surface area contributed by atoms with Gasteiger partial charge in [-0.15, -0.1) is 0 Å². The van der Waals surface area contributed by atoms with Crippen LogP contribution in [0.15, 0.2) is 41.3 Å². The van der Waals surface area contributed by atoms with E-state index in [2.05, 4.69) is 5.32 Å². The molecule has 27 heavy (non-hydrogen) atoms. The summed E-state index contributed by atoms with van der Waals surface area (Å²) in [6.07, 6.45) is 2.53. The van der Waals surface area contributed by atoms with Gasteiger partial charge in [0.05, 0.1) is 12.1 Å². The number of nitrogens with zero attached hydrogens (tertiary/aromatic N) is 1. The quantitative estimate of drug-likeness (QED) is 0.657. The van der Waals surface area contributed by atoms with Crippen LogP contribution >= 0.6 is 0 Å². The third-order valence-electron chi connectivity index (χ3n) is 4.39. The maximum Gasteiger partial charge on any atom is 0.269 e. The van der Waals surface area contributed by atoms with E-state index in [0.717, 1.165) is 4.31 Å². The number of benzene rings is 1. The molecule has 0 aromatic heterocycles. The number of carbonyl (C=O) groups is 2. The van der Waals surface area contributed by atoms with Crippen molar-refractivity contribution in [1.29, 1.82) is 0 Å². The molecule has 1 aromatic carbocycles. The summed E-state index contributed by atoms with van der Waals surface area (Å²) >= 11 is 0. The van der Waals surface area contributed by atoms with Gasteiger partial charge >= 0.3 is 0 Å². The highest BCUT2D eigenvalue weighted by Gasteiger charge is 2.41. The zero-order chi connectivity index (χ0) is 19.7. The topological polar surface area (TPSA) is 111 Å². The lowest BCUT2D eigenvalue weighted by atomic mass is 10.2. The van der Waals surface area contributed by atoms with Crippen molar-refractivity contribution in [3.05, 3.63) is 42.0 Å². The number of nitrogens with one attached hydrogen (secondary N) is 1. The van der Waals surface area contributed by atoms with Gasteiger partial charge in [0.2, 0.25) is 11.7 Å². The fraction of sp³-hybridized carbons (Fsp3) is 0.412. The maximum absolute atomic E-state index is 12.5. The highest BCUT2D eigenvalue weighted by Crippen LogP contribution is 2.30. The largest absolute Gasteiger partial charge is 0.352 e. The maximum atomic E-state index is 12.5. The Hall–Kier alpha value is -2.27. The summed E-state index contributed by atoms with van der Waals surface area (Å²) in [7, 11) is -1.01. The molecule has 0 aliphatic carbocycles. The first kappa shape index (κ1) is 19.5. The average Bonchev–Trinajstić information content (AvgIpc) is 3.17. The smallest absolute Gasteiger partial charge is 0.269 e. The molecular weight excluding hydrogens is 376 g/mol. The molecule has 146 valence electrons. The number of amides is 2. The van der Waals surface area contributed by atoms with Crippen LogP contribution in [-0.4, -0.2) is 63.9 Å². The zero-order valence-corrected chi connectivity index (χ0v) is 15.7. The summed E-state index contributed by atoms with van der Waals surface area (Å²) in [4.78, 5) is 24.4. The zero-order valence-electron chi connectivity index (χ0n) is 14.9. The summed E-state index contributed by atoms with van der Waals surface area (Å²) in [6.45, 7) is -0.237. The molecule has 0 radical (unpaired) electrons. The standard InChI is InChI=1S/C17H20N2O7S/c1-24-15-7-9-17(25-2,26-15)11-18-14(20)8-10-19-16(21)12-5-3-4-6-13(12)27(19,22)23/h3-7,9,15H,8,10-11H2,1-2H3,(H,18,20)/t15-,17-/m1/s1. The molecule has 0 saturated heterocycles. The van der Waals surface area contributed by atoms with Gasteiger partial charge < -0.3 is 19.5 Å². The van der Waals surface area contributed by atoms with E-state index in [-0.39, 0.29) is 30.0 Å². The molecule has 0 fully saturated rings. The van der Waals surface area contributed by atoms with Crippen LogP contribution in [0.4, 0.5) is 0 Å². The molecule has 9 nitrogen and oxygen atoms in total. The summed E-state index contributed by atoms with van der Waals surface area (Å²) in [5.74, 6) is -2.22. The van der Waals surface area contributed by atoms with Gasteiger partial charge in [0.25, 0.3) is 15.9 Å². The number of hydrogen-bond acceptors (Lipinski definition) is 7. The molecule has 2 atom stereocenters. The Labute approximate surface area is 156 Å². The molecule has 2 aliphatic heterocycles. The Kier molecular flexibility index (Phi) is 5.33. The minimum absolute atomic E-state index is 0.0135. The van der Waals surface area contributed by atoms with Crippen molar-refractivity contribution in [2.24, 2.45) is 0 Å². The van der Waals surface area contributed by atoms with Crippen LogP contribution in [0.2, 0.25) is 0 Å². The van der Waals surface area contributed by atoms with Crippen molar-refractivity contribution in [2.45, 2.75) is 23.4 Å². The number of carbonyl (C=O) groups excluding carboxylic acids is 2. The van der Waals surface area contributed by atoms with Crippen LogP contribution in [0.25, 0.3) is 0 Å². The normalized spacial score (nSPS) is 25.6. The van der Waals surface area contributed by atoms with Crippen LogP contribution in [-0.2, 0) is 29.0 Å². The number of ether oxygens (including phenoxy) is 3. The van der Waals surface area contributed by atoms with Crippen LogP contribution in [0.3, 0.4) is 0 Å². The van der Waals surface area contributed by atoms with Crippen LogP contribution in [0.1, 0.15) is 16.8 Å². The van der Waals surface area contributed by atoms with E-state index in [1.165, 1.54) is 26.4 Å². The fourth-order valence-electron chi connectivity index (χ4n) is 2.88. The molecular formula is C17H20N2O7S. The summed E-state index contributed by atoms with van der Waals surface area (Å²) in [5.41, 5.74) is 0.117. The minimum atomic E-state index is -3.92. The lowest BCUT2D eigenvalue weighted by Gasteiger charge is -2.27. The molecule has 2 amide bonds. The van der Waals surface area contributed by atoms with Gasteiger partial charge in [-0.05, 0) is 24.3 Å². The van der Waals surface area contributed by atoms with E-state index >= 15 is 0 Å². The van der Waals surface area contributed by atoms with Crippen molar-refractivity contribution < 1.29 is 32.2 Å². The monoisotopic (exact) mass is 396 g/mol. The molecule has 0 saturated carbocycles. The predicted octanol–water partition coefficient (Wildman–Crippen LogP) is 0.239. The number of sulfonamides is 1. The second kappa shape index (κ2) is 7.39. The average molecular weight is 396 g/mol. The second-order valence-electron chi connectivity index (χ2n) is 6.00. The van der Waals surface area contributed by atoms with E-state index < -0.39 is 33.9 Å². The van der Waals surface area contributed by atoms with E-state index in [1.807, 2.05) is 0 Å². The van der Waals surface area contributed by atoms with E-state index in [1.54, 1.807) is 24.3 Å². The van der Waals surface area contributed by atoms with Gasteiger partial charge in [0.15, 0.2) is 6.29 Å². The molecule has 2 heterocycles. The lowest BCUT2D eigenvalue weighted by Crippen LogP contribution is -2.45. The Balaban J connectivity index is 1.57. The predicted molar refractivity (Wildman–Crippen MR) is 93.1 cm³/mol. The van der Waals surface area contributed by atoms with Crippen molar-refractivity contribution in [1.82, 2.24) is 9.62 Å². The molecule has 10 heteroatoms. The van der Waals surface area contributed by atoms with Gasteiger partial charge in [0.1, 0.15) is 4.90 Å². The summed E-state index contributed by atoms with van der Waals surface area (Å²) < 4.78 is 41.5. The van der Waals surface area contributed by atoms with Crippen LogP contribution < -0.4 is 5.32 Å². The van der Waals surface area contributed by atoms with Gasteiger partial charge in [-0.2, -0.15) is 0 Å². The van der Waals surface area contributed by atoms with Crippen molar-refractivity contribution in [2.75, 3.05) is 27.3 Å². The van der Waals surface area contributed by atoms with E-state index in [4.69, 9.17) is 14.2 Å². The molecule has 0 unspecified atom stereocenters. The SMILES string of the molecule is CO[C@H]1C=C[C@@](CNC(=O)CCN2C(=O)c3ccccc3S2(=O)=O)(OC)O1. The molecule has 2 aliphatic rings. The number of methoxy groups -OCH3 is 2. The minimum Gasteiger partial charge on any atom is -0.352 e. The molecule has 1 N–H and O–H groups in total. The molecule has 1 aromatic rings. The molecule has 0 spiro atoms. The second-order valence-corrected chi connectivity index (χ2v) is 7.83. The Morgan fingerprint density at radius 3 is 2.70 bits per heavy atom. The summed E-state index contributed by atoms with van der Waals surface area (Å²) in [5, 5.41) is 2.62. The molecule has 3 rings (SSSR count). The van der Waals surface area contributed by atoms with Gasteiger partial charge in [0, 0.05) is 27.2 Å². The Morgan fingerprint density at radius 2 is 2.07 bits per heavy atom. The van der Waals surface area contributed by atoms with E-state index in [9.17, 15) is 18.0 Å². The number of hydrogen-bond donors (Lipinski definition) is 1. The molecule has 0 bridgehead atoms. The van der Waals surface area contributed by atoms with Crippen LogP contribution in [0, 0.1) is 0 Å². The first-order valence-electron chi connectivity index (χ1n) is 8.21. The third-order valence-corrected chi connectivity index (χ3v) is 6.23. The van der Waals surface area contributed by atoms with E-state index in [0.29, 0.717) is 0 Å². The van der Waals surface area contributed by atoms with Gasteiger partial charge in [-0.3, -0.25) is 9.59 Å². The third kappa shape index (κ3) is 3.61. The Bertz CT molecular complexity index is 883. The van der Waals surface area contributed by atoms with Crippen LogP contribution in [0.5, 0.6) is 0 Å². The number of rotatable bonds is 7. The number of fused-ring (bicyclic) bond motifs is 1. The first-order valence-corrected chi connectivity index (χ1v) is 9.65. The van der Waals surface area contributed by atoms with Crippen molar-refractivity contribution in [3.8, 4) is 0 Å². The lowest BCUT2D eigenvalue weighted by molar-refractivity contribution is -0.239. The first-order chi connectivity index (χ1) is 12.8. The van der Waals surface area contributed by atoms with Gasteiger partial charge in [-0.1, -0.05) is 12.1 Å². The highest BCUT2D eigenvalue weighted by atomic mass is 32.2. The highest BCUT2D eigenvalue weighted by molar-refractivity contribution is 7.90. The van der Waals surface area contributed by atoms with Crippen molar-refractivity contribution >= 4 is 21.8 Å².